The molecule has 1 aliphatic carbocycles. The Labute approximate surface area is 153 Å². The molecule has 2 aromatic rings. The quantitative estimate of drug-likeness (QED) is 0.859. The minimum absolute atomic E-state index is 0.0971. The minimum atomic E-state index is 0.0971. The van der Waals surface area contributed by atoms with Crippen LogP contribution in [-0.2, 0) is 4.79 Å². The fraction of sp³-hybridized carbons (Fsp3) is 0.500. The Kier molecular flexibility index (Phi) is 4.68. The van der Waals surface area contributed by atoms with Crippen LogP contribution in [0.4, 0.5) is 5.69 Å². The summed E-state index contributed by atoms with van der Waals surface area (Å²) >= 11 is 0. The van der Waals surface area contributed by atoms with E-state index >= 15 is 0 Å². The Morgan fingerprint density at radius 3 is 2.81 bits per heavy atom. The first-order valence-electron chi connectivity index (χ1n) is 9.37. The van der Waals surface area contributed by atoms with Crippen LogP contribution in [0.2, 0.25) is 0 Å². The predicted octanol–water partition coefficient (Wildman–Crippen LogP) is 3.44. The molecule has 6 nitrogen and oxygen atoms in total. The van der Waals surface area contributed by atoms with Gasteiger partial charge in [-0.05, 0) is 64.3 Å². The van der Waals surface area contributed by atoms with Crippen LogP contribution in [0.5, 0.6) is 5.75 Å². The van der Waals surface area contributed by atoms with Gasteiger partial charge < -0.3 is 19.9 Å². The number of carbonyl (C=O) groups excluding carboxylic acids is 1. The van der Waals surface area contributed by atoms with Gasteiger partial charge in [0.1, 0.15) is 17.6 Å². The summed E-state index contributed by atoms with van der Waals surface area (Å²) in [5, 5.41) is 10.5. The first-order valence-corrected chi connectivity index (χ1v) is 9.37. The van der Waals surface area contributed by atoms with E-state index in [2.05, 4.69) is 15.8 Å². The summed E-state index contributed by atoms with van der Waals surface area (Å²) in [5.74, 6) is 1.82. The number of aromatic nitrogens is 1. The van der Waals surface area contributed by atoms with E-state index in [1.165, 1.54) is 0 Å². The van der Waals surface area contributed by atoms with Crippen LogP contribution < -0.4 is 15.4 Å². The monoisotopic (exact) mass is 355 g/mol. The van der Waals surface area contributed by atoms with Gasteiger partial charge in [0, 0.05) is 23.7 Å². The van der Waals surface area contributed by atoms with Crippen LogP contribution in [0.25, 0.3) is 11.1 Å². The van der Waals surface area contributed by atoms with E-state index in [0.29, 0.717) is 0 Å². The maximum Gasteiger partial charge on any atom is 0.227 e. The van der Waals surface area contributed by atoms with E-state index in [4.69, 9.17) is 9.26 Å². The molecule has 1 aromatic heterocycles. The fourth-order valence-electron chi connectivity index (χ4n) is 3.46. The number of rotatable bonds is 5. The summed E-state index contributed by atoms with van der Waals surface area (Å²) in [6, 6.07) is 5.82. The average Bonchev–Trinajstić information content (AvgIpc) is 3.43. The standard InChI is InChI=1S/C20H25N3O3/c1-12-19(13(2)26-23-12)17-10-15(22-20(24)14-5-6-14)7-8-18(17)25-16-4-3-9-21-11-16/h7-8,10,14,16,21H,3-6,9,11H2,1-2H3,(H,22,24). The van der Waals surface area contributed by atoms with Gasteiger partial charge >= 0.3 is 0 Å². The molecule has 0 spiro atoms. The van der Waals surface area contributed by atoms with Crippen molar-refractivity contribution in [2.45, 2.75) is 45.6 Å². The summed E-state index contributed by atoms with van der Waals surface area (Å²) in [6.07, 6.45) is 4.27. The second-order valence-electron chi connectivity index (χ2n) is 7.26. The van der Waals surface area contributed by atoms with Crippen LogP contribution in [0, 0.1) is 19.8 Å². The van der Waals surface area contributed by atoms with Crippen molar-refractivity contribution in [1.82, 2.24) is 10.5 Å². The normalized spacial score (nSPS) is 20.0. The molecule has 0 bridgehead atoms. The zero-order valence-electron chi connectivity index (χ0n) is 15.3. The molecule has 1 aliphatic heterocycles. The maximum atomic E-state index is 12.1. The lowest BCUT2D eigenvalue weighted by atomic mass is 10.0. The van der Waals surface area contributed by atoms with Crippen molar-refractivity contribution in [3.63, 3.8) is 0 Å². The number of nitrogens with zero attached hydrogens (tertiary/aromatic N) is 1. The fourth-order valence-corrected chi connectivity index (χ4v) is 3.46. The van der Waals surface area contributed by atoms with E-state index in [1.54, 1.807) is 0 Å². The number of piperidine rings is 1. The molecular formula is C20H25N3O3. The molecule has 1 aromatic carbocycles. The summed E-state index contributed by atoms with van der Waals surface area (Å²) in [4.78, 5) is 12.1. The number of benzene rings is 1. The third-order valence-electron chi connectivity index (χ3n) is 5.04. The number of aryl methyl sites for hydroxylation is 2. The maximum absolute atomic E-state index is 12.1. The molecule has 0 radical (unpaired) electrons. The first kappa shape index (κ1) is 17.1. The van der Waals surface area contributed by atoms with Gasteiger partial charge in [-0.2, -0.15) is 0 Å². The molecule has 26 heavy (non-hydrogen) atoms. The highest BCUT2D eigenvalue weighted by Gasteiger charge is 2.30. The predicted molar refractivity (Wildman–Crippen MR) is 99.3 cm³/mol. The number of carbonyl (C=O) groups is 1. The number of hydrogen-bond acceptors (Lipinski definition) is 5. The largest absolute Gasteiger partial charge is 0.488 e. The van der Waals surface area contributed by atoms with Gasteiger partial charge in [-0.15, -0.1) is 0 Å². The summed E-state index contributed by atoms with van der Waals surface area (Å²) < 4.78 is 11.7. The molecule has 4 rings (SSSR count). The highest BCUT2D eigenvalue weighted by molar-refractivity contribution is 5.95. The van der Waals surface area contributed by atoms with Gasteiger partial charge in [0.25, 0.3) is 0 Å². The molecule has 6 heteroatoms. The molecule has 1 saturated heterocycles. The van der Waals surface area contributed by atoms with Gasteiger partial charge in [-0.1, -0.05) is 5.16 Å². The molecular weight excluding hydrogens is 330 g/mol. The second-order valence-corrected chi connectivity index (χ2v) is 7.26. The van der Waals surface area contributed by atoms with Crippen molar-refractivity contribution in [1.29, 1.82) is 0 Å². The Balaban J connectivity index is 1.66. The van der Waals surface area contributed by atoms with Crippen LogP contribution in [0.15, 0.2) is 22.7 Å². The van der Waals surface area contributed by atoms with Gasteiger partial charge in [0.05, 0.1) is 11.3 Å². The number of amides is 1. The van der Waals surface area contributed by atoms with Gasteiger partial charge in [-0.3, -0.25) is 4.79 Å². The summed E-state index contributed by atoms with van der Waals surface area (Å²) in [5.41, 5.74) is 3.46. The lowest BCUT2D eigenvalue weighted by Crippen LogP contribution is -2.37. The topological polar surface area (TPSA) is 76.4 Å². The van der Waals surface area contributed by atoms with Crippen molar-refractivity contribution in [2.75, 3.05) is 18.4 Å². The zero-order valence-corrected chi connectivity index (χ0v) is 15.3. The number of ether oxygens (including phenoxy) is 1. The lowest BCUT2D eigenvalue weighted by molar-refractivity contribution is -0.117. The van der Waals surface area contributed by atoms with Crippen LogP contribution in [0.1, 0.15) is 37.1 Å². The van der Waals surface area contributed by atoms with Crippen LogP contribution in [-0.4, -0.2) is 30.3 Å². The molecule has 2 fully saturated rings. The van der Waals surface area contributed by atoms with Crippen molar-refractivity contribution >= 4 is 11.6 Å². The van der Waals surface area contributed by atoms with Crippen LogP contribution in [0.3, 0.4) is 0 Å². The van der Waals surface area contributed by atoms with Crippen molar-refractivity contribution < 1.29 is 14.1 Å². The highest BCUT2D eigenvalue weighted by Crippen LogP contribution is 2.38. The average molecular weight is 355 g/mol. The van der Waals surface area contributed by atoms with Crippen LogP contribution >= 0.6 is 0 Å². The van der Waals surface area contributed by atoms with Crippen molar-refractivity contribution in [3.8, 4) is 16.9 Å². The van der Waals surface area contributed by atoms with E-state index in [9.17, 15) is 4.79 Å². The van der Waals surface area contributed by atoms with Gasteiger partial charge in [0.2, 0.25) is 5.91 Å². The molecule has 1 atom stereocenters. The second kappa shape index (κ2) is 7.11. The van der Waals surface area contributed by atoms with Crippen molar-refractivity contribution in [2.24, 2.45) is 5.92 Å². The zero-order chi connectivity index (χ0) is 18.1. The number of hydrogen-bond donors (Lipinski definition) is 2. The highest BCUT2D eigenvalue weighted by atomic mass is 16.5. The lowest BCUT2D eigenvalue weighted by Gasteiger charge is -2.25. The Morgan fingerprint density at radius 1 is 1.31 bits per heavy atom. The van der Waals surface area contributed by atoms with E-state index < -0.39 is 0 Å². The minimum Gasteiger partial charge on any atom is -0.488 e. The SMILES string of the molecule is Cc1noc(C)c1-c1cc(NC(=O)C2CC2)ccc1OC1CCCNC1. The van der Waals surface area contributed by atoms with E-state index in [0.717, 1.165) is 72.8 Å². The Morgan fingerprint density at radius 2 is 2.15 bits per heavy atom. The molecule has 2 heterocycles. The van der Waals surface area contributed by atoms with Gasteiger partial charge in [0.15, 0.2) is 0 Å². The summed E-state index contributed by atoms with van der Waals surface area (Å²) in [6.45, 7) is 5.72. The molecule has 1 unspecified atom stereocenters. The number of nitrogens with one attached hydrogen (secondary N) is 2. The molecule has 2 aliphatic rings. The first-order chi connectivity index (χ1) is 12.6. The Bertz CT molecular complexity index is 785. The van der Waals surface area contributed by atoms with E-state index in [-0.39, 0.29) is 17.9 Å². The Hall–Kier alpha value is -2.34. The smallest absolute Gasteiger partial charge is 0.227 e. The molecule has 2 N–H and O–H groups in total. The van der Waals surface area contributed by atoms with E-state index in [1.807, 2.05) is 32.0 Å². The molecule has 1 amide bonds. The molecule has 1 saturated carbocycles. The summed E-state index contributed by atoms with van der Waals surface area (Å²) in [7, 11) is 0. The molecule has 138 valence electrons. The number of anilines is 1. The third kappa shape index (κ3) is 3.60. The third-order valence-corrected chi connectivity index (χ3v) is 5.04. The van der Waals surface area contributed by atoms with Crippen molar-refractivity contribution in [3.05, 3.63) is 29.7 Å². The van der Waals surface area contributed by atoms with Gasteiger partial charge in [-0.25, -0.2) is 0 Å².